The van der Waals surface area contributed by atoms with Crippen LogP contribution in [0.3, 0.4) is 0 Å². The molecule has 1 saturated heterocycles. The van der Waals surface area contributed by atoms with Gasteiger partial charge in [0.2, 0.25) is 0 Å². The summed E-state index contributed by atoms with van der Waals surface area (Å²) in [4.78, 5) is 10.8. The molecule has 0 radical (unpaired) electrons. The maximum absolute atomic E-state index is 10.8. The van der Waals surface area contributed by atoms with Crippen LogP contribution in [0.25, 0.3) is 0 Å². The summed E-state index contributed by atoms with van der Waals surface area (Å²) >= 11 is 3.14. The number of aromatic carboxylic acids is 1. The van der Waals surface area contributed by atoms with Gasteiger partial charge >= 0.3 is 5.97 Å². The summed E-state index contributed by atoms with van der Waals surface area (Å²) in [5.41, 5.74) is 0.210. The van der Waals surface area contributed by atoms with Crippen molar-refractivity contribution in [1.82, 2.24) is 9.78 Å². The summed E-state index contributed by atoms with van der Waals surface area (Å²) in [6, 6.07) is 0.253. The average Bonchev–Trinajstić information content (AvgIpc) is 2.62. The number of carboxylic acid groups (broad SMARTS) is 1. The third kappa shape index (κ3) is 2.21. The monoisotopic (exact) mass is 274 g/mol. The highest BCUT2D eigenvalue weighted by Gasteiger charge is 2.20. The van der Waals surface area contributed by atoms with Gasteiger partial charge in [-0.3, -0.25) is 4.68 Å². The molecular weight excluding hydrogens is 264 g/mol. The van der Waals surface area contributed by atoms with Crippen LogP contribution in [0, 0.1) is 0 Å². The summed E-state index contributed by atoms with van der Waals surface area (Å²) in [6.07, 6.45) is 3.34. The zero-order valence-corrected chi connectivity index (χ0v) is 9.61. The second kappa shape index (κ2) is 4.32. The predicted octanol–water partition coefficient (Wildman–Crippen LogP) is 1.70. The van der Waals surface area contributed by atoms with Gasteiger partial charge in [0.1, 0.15) is 10.2 Å². The molecule has 1 N–H and O–H groups in total. The van der Waals surface area contributed by atoms with Crippen LogP contribution in [0.15, 0.2) is 10.8 Å². The molecule has 0 unspecified atom stereocenters. The Morgan fingerprint density at radius 3 is 2.80 bits per heavy atom. The number of carboxylic acids is 1. The van der Waals surface area contributed by atoms with Crippen LogP contribution in [0.5, 0.6) is 0 Å². The summed E-state index contributed by atoms with van der Waals surface area (Å²) in [6.45, 7) is 1.43. The third-order valence-electron chi connectivity index (χ3n) is 2.48. The first kappa shape index (κ1) is 10.6. The fourth-order valence-electron chi connectivity index (χ4n) is 1.65. The van der Waals surface area contributed by atoms with Crippen LogP contribution in [0.1, 0.15) is 29.2 Å². The standard InChI is InChI=1S/C9H11BrN2O3/c10-8-7(9(13)14)5-12(11-8)6-1-3-15-4-2-6/h5-6H,1-4H2,(H,13,14). The molecule has 82 valence electrons. The summed E-state index contributed by atoms with van der Waals surface area (Å²) in [5.74, 6) is -0.958. The van der Waals surface area contributed by atoms with E-state index in [1.807, 2.05) is 0 Å². The van der Waals surface area contributed by atoms with Gasteiger partial charge in [0.05, 0.1) is 6.04 Å². The van der Waals surface area contributed by atoms with E-state index in [2.05, 4.69) is 21.0 Å². The van der Waals surface area contributed by atoms with Gasteiger partial charge in [0, 0.05) is 19.4 Å². The van der Waals surface area contributed by atoms with E-state index in [-0.39, 0.29) is 11.6 Å². The first-order valence-corrected chi connectivity index (χ1v) is 5.53. The number of hydrogen-bond acceptors (Lipinski definition) is 3. The van der Waals surface area contributed by atoms with Crippen LogP contribution >= 0.6 is 15.9 Å². The molecule has 6 heteroatoms. The van der Waals surface area contributed by atoms with Gasteiger partial charge in [0.25, 0.3) is 0 Å². The molecule has 0 saturated carbocycles. The zero-order valence-electron chi connectivity index (χ0n) is 8.02. The second-order valence-electron chi connectivity index (χ2n) is 3.46. The molecular formula is C9H11BrN2O3. The Balaban J connectivity index is 2.21. The van der Waals surface area contributed by atoms with Gasteiger partial charge in [0.15, 0.2) is 0 Å². The zero-order chi connectivity index (χ0) is 10.8. The lowest BCUT2D eigenvalue weighted by atomic mass is 10.1. The van der Waals surface area contributed by atoms with E-state index in [0.717, 1.165) is 12.8 Å². The molecule has 0 bridgehead atoms. The molecule has 1 aromatic rings. The van der Waals surface area contributed by atoms with E-state index in [1.54, 1.807) is 10.9 Å². The highest BCUT2D eigenvalue weighted by Crippen LogP contribution is 2.23. The van der Waals surface area contributed by atoms with Crippen molar-refractivity contribution < 1.29 is 14.6 Å². The maximum atomic E-state index is 10.8. The fourth-order valence-corrected chi connectivity index (χ4v) is 2.10. The smallest absolute Gasteiger partial charge is 0.340 e. The number of carbonyl (C=O) groups is 1. The van der Waals surface area contributed by atoms with E-state index in [0.29, 0.717) is 17.8 Å². The molecule has 15 heavy (non-hydrogen) atoms. The van der Waals surface area contributed by atoms with Gasteiger partial charge in [-0.2, -0.15) is 5.10 Å². The van der Waals surface area contributed by atoms with E-state index in [1.165, 1.54) is 0 Å². The number of aromatic nitrogens is 2. The molecule has 0 amide bonds. The lowest BCUT2D eigenvalue weighted by molar-refractivity contribution is 0.0659. The van der Waals surface area contributed by atoms with Gasteiger partial charge in [-0.1, -0.05) is 0 Å². The molecule has 1 aliphatic heterocycles. The van der Waals surface area contributed by atoms with E-state index < -0.39 is 5.97 Å². The molecule has 0 spiro atoms. The highest BCUT2D eigenvalue weighted by molar-refractivity contribution is 9.10. The summed E-state index contributed by atoms with van der Waals surface area (Å²) in [5, 5.41) is 13.0. The van der Waals surface area contributed by atoms with Crippen molar-refractivity contribution >= 4 is 21.9 Å². The number of hydrogen-bond donors (Lipinski definition) is 1. The Labute approximate surface area is 95.2 Å². The first-order chi connectivity index (χ1) is 7.18. The van der Waals surface area contributed by atoms with Crippen LogP contribution < -0.4 is 0 Å². The van der Waals surface area contributed by atoms with E-state index in [9.17, 15) is 4.79 Å². The Morgan fingerprint density at radius 2 is 2.27 bits per heavy atom. The SMILES string of the molecule is O=C(O)c1cn(C2CCOCC2)nc1Br. The first-order valence-electron chi connectivity index (χ1n) is 4.74. The Kier molecular flexibility index (Phi) is 3.06. The molecule has 2 rings (SSSR count). The lowest BCUT2D eigenvalue weighted by Gasteiger charge is -2.22. The minimum Gasteiger partial charge on any atom is -0.478 e. The van der Waals surface area contributed by atoms with E-state index in [4.69, 9.17) is 9.84 Å². The minimum absolute atomic E-state index is 0.210. The Bertz CT molecular complexity index is 371. The molecule has 1 fully saturated rings. The number of rotatable bonds is 2. The predicted molar refractivity (Wildman–Crippen MR) is 56.0 cm³/mol. The van der Waals surface area contributed by atoms with Crippen molar-refractivity contribution in [2.45, 2.75) is 18.9 Å². The normalized spacial score (nSPS) is 17.9. The molecule has 0 aromatic carbocycles. The molecule has 0 atom stereocenters. The molecule has 1 aliphatic rings. The van der Waals surface area contributed by atoms with Gasteiger partial charge in [-0.15, -0.1) is 0 Å². The maximum Gasteiger partial charge on any atom is 0.340 e. The van der Waals surface area contributed by atoms with Gasteiger partial charge < -0.3 is 9.84 Å². The Hall–Kier alpha value is -0.880. The molecule has 2 heterocycles. The summed E-state index contributed by atoms with van der Waals surface area (Å²) in [7, 11) is 0. The van der Waals surface area contributed by atoms with Crippen LogP contribution in [-0.2, 0) is 4.74 Å². The number of ether oxygens (including phenoxy) is 1. The van der Waals surface area contributed by atoms with Crippen molar-refractivity contribution in [3.8, 4) is 0 Å². The highest BCUT2D eigenvalue weighted by atomic mass is 79.9. The largest absolute Gasteiger partial charge is 0.478 e. The molecule has 5 nitrogen and oxygen atoms in total. The van der Waals surface area contributed by atoms with Crippen molar-refractivity contribution in [1.29, 1.82) is 0 Å². The van der Waals surface area contributed by atoms with Crippen LogP contribution in [-0.4, -0.2) is 34.1 Å². The minimum atomic E-state index is -0.958. The van der Waals surface area contributed by atoms with Crippen molar-refractivity contribution in [2.75, 3.05) is 13.2 Å². The molecule has 1 aromatic heterocycles. The van der Waals surface area contributed by atoms with Crippen LogP contribution in [0.4, 0.5) is 0 Å². The van der Waals surface area contributed by atoms with Crippen molar-refractivity contribution in [2.24, 2.45) is 0 Å². The Morgan fingerprint density at radius 1 is 1.60 bits per heavy atom. The quantitative estimate of drug-likeness (QED) is 0.892. The number of nitrogens with zero attached hydrogens (tertiary/aromatic N) is 2. The van der Waals surface area contributed by atoms with Crippen LogP contribution in [0.2, 0.25) is 0 Å². The summed E-state index contributed by atoms with van der Waals surface area (Å²) < 4.78 is 7.35. The van der Waals surface area contributed by atoms with Crippen molar-refractivity contribution in [3.63, 3.8) is 0 Å². The average molecular weight is 275 g/mol. The van der Waals surface area contributed by atoms with Crippen molar-refractivity contribution in [3.05, 3.63) is 16.4 Å². The molecule has 0 aliphatic carbocycles. The third-order valence-corrected chi connectivity index (χ3v) is 3.07. The topological polar surface area (TPSA) is 64.3 Å². The van der Waals surface area contributed by atoms with Gasteiger partial charge in [-0.05, 0) is 28.8 Å². The van der Waals surface area contributed by atoms with E-state index >= 15 is 0 Å². The van der Waals surface area contributed by atoms with Gasteiger partial charge in [-0.25, -0.2) is 4.79 Å². The lowest BCUT2D eigenvalue weighted by Crippen LogP contribution is -2.19. The second-order valence-corrected chi connectivity index (χ2v) is 4.21. The number of halogens is 1. The fraction of sp³-hybridized carbons (Fsp3) is 0.556.